The third kappa shape index (κ3) is 6.77. The summed E-state index contributed by atoms with van der Waals surface area (Å²) in [6.45, 7) is -1.34. The van der Waals surface area contributed by atoms with Gasteiger partial charge in [-0.3, -0.25) is 4.79 Å². The quantitative estimate of drug-likeness (QED) is 0.803. The Bertz CT molecular complexity index is 609. The van der Waals surface area contributed by atoms with E-state index in [1.54, 1.807) is 18.2 Å². The SMILES string of the molecule is O=C(CCNC(=O)OCC(F)(F)F)NC[C@@H]1COc2ccccc2O1. The Hall–Kier alpha value is -2.65. The van der Waals surface area contributed by atoms with Crippen molar-refractivity contribution < 1.29 is 37.0 Å². The van der Waals surface area contributed by atoms with E-state index < -0.39 is 24.8 Å². The van der Waals surface area contributed by atoms with Crippen molar-refractivity contribution in [2.24, 2.45) is 0 Å². The molecule has 2 N–H and O–H groups in total. The molecular formula is C15H17F3N2O5. The largest absolute Gasteiger partial charge is 0.486 e. The molecule has 1 aromatic carbocycles. The lowest BCUT2D eigenvalue weighted by molar-refractivity contribution is -0.160. The molecule has 0 aromatic heterocycles. The van der Waals surface area contributed by atoms with Gasteiger partial charge in [-0.15, -0.1) is 0 Å². The maximum atomic E-state index is 11.8. The summed E-state index contributed by atoms with van der Waals surface area (Å²) >= 11 is 0. The normalized spacial score (nSPS) is 16.0. The molecule has 0 radical (unpaired) electrons. The minimum Gasteiger partial charge on any atom is -0.486 e. The van der Waals surface area contributed by atoms with E-state index in [0.29, 0.717) is 11.5 Å². The molecule has 2 rings (SSSR count). The number of hydrogen-bond acceptors (Lipinski definition) is 5. The fraction of sp³-hybridized carbons (Fsp3) is 0.467. The van der Waals surface area contributed by atoms with E-state index in [1.165, 1.54) is 0 Å². The smallest absolute Gasteiger partial charge is 0.422 e. The number of alkyl carbamates (subject to hydrolysis) is 1. The zero-order valence-corrected chi connectivity index (χ0v) is 13.1. The Morgan fingerprint density at radius 1 is 1.20 bits per heavy atom. The van der Waals surface area contributed by atoms with E-state index in [-0.39, 0.29) is 32.2 Å². The first-order valence-electron chi connectivity index (χ1n) is 7.46. The number of carbonyl (C=O) groups excluding carboxylic acids is 2. The molecule has 0 saturated carbocycles. The van der Waals surface area contributed by atoms with Crippen molar-refractivity contribution in [3.8, 4) is 11.5 Å². The van der Waals surface area contributed by atoms with Crippen molar-refractivity contribution in [3.63, 3.8) is 0 Å². The lowest BCUT2D eigenvalue weighted by Gasteiger charge is -2.26. The maximum Gasteiger partial charge on any atom is 0.422 e. The summed E-state index contributed by atoms with van der Waals surface area (Å²) in [7, 11) is 0. The highest BCUT2D eigenvalue weighted by atomic mass is 19.4. The Morgan fingerprint density at radius 2 is 1.92 bits per heavy atom. The summed E-state index contributed by atoms with van der Waals surface area (Å²) in [5.74, 6) is 0.826. The minimum absolute atomic E-state index is 0.106. The second-order valence-electron chi connectivity index (χ2n) is 5.17. The number of para-hydroxylation sites is 2. The molecule has 0 bridgehead atoms. The van der Waals surface area contributed by atoms with Gasteiger partial charge >= 0.3 is 12.3 Å². The molecule has 0 spiro atoms. The molecule has 1 aliphatic heterocycles. The van der Waals surface area contributed by atoms with Gasteiger partial charge in [0, 0.05) is 13.0 Å². The first-order chi connectivity index (χ1) is 11.8. The summed E-state index contributed by atoms with van der Waals surface area (Å²) in [6.07, 6.45) is -6.28. The lowest BCUT2D eigenvalue weighted by atomic mass is 10.2. The molecule has 7 nitrogen and oxygen atoms in total. The van der Waals surface area contributed by atoms with E-state index in [1.807, 2.05) is 6.07 Å². The zero-order chi connectivity index (χ0) is 18.3. The maximum absolute atomic E-state index is 11.8. The molecule has 0 aliphatic carbocycles. The first-order valence-corrected chi connectivity index (χ1v) is 7.46. The molecule has 25 heavy (non-hydrogen) atoms. The molecule has 1 heterocycles. The third-order valence-corrected chi connectivity index (χ3v) is 3.08. The van der Waals surface area contributed by atoms with Crippen molar-refractivity contribution in [2.45, 2.75) is 18.7 Å². The summed E-state index contributed by atoms with van der Waals surface area (Å²) in [5.41, 5.74) is 0. The molecule has 0 unspecified atom stereocenters. The summed E-state index contributed by atoms with van der Waals surface area (Å²) in [4.78, 5) is 22.6. The van der Waals surface area contributed by atoms with Crippen molar-refractivity contribution in [1.82, 2.24) is 10.6 Å². The average molecular weight is 362 g/mol. The Morgan fingerprint density at radius 3 is 2.64 bits per heavy atom. The Kier molecular flexibility index (Phi) is 6.31. The number of fused-ring (bicyclic) bond motifs is 1. The van der Waals surface area contributed by atoms with Crippen LogP contribution in [0.3, 0.4) is 0 Å². The minimum atomic E-state index is -4.59. The highest BCUT2D eigenvalue weighted by Crippen LogP contribution is 2.30. The molecular weight excluding hydrogens is 345 g/mol. The van der Waals surface area contributed by atoms with Crippen LogP contribution in [0.4, 0.5) is 18.0 Å². The molecule has 1 atom stereocenters. The fourth-order valence-corrected chi connectivity index (χ4v) is 1.96. The van der Waals surface area contributed by atoms with Crippen LogP contribution in [-0.2, 0) is 9.53 Å². The van der Waals surface area contributed by atoms with Gasteiger partial charge in [0.25, 0.3) is 0 Å². The Labute approximate surface area is 141 Å². The van der Waals surface area contributed by atoms with E-state index in [2.05, 4.69) is 15.4 Å². The zero-order valence-electron chi connectivity index (χ0n) is 13.1. The molecule has 2 amide bonds. The third-order valence-electron chi connectivity index (χ3n) is 3.08. The van der Waals surface area contributed by atoms with Crippen LogP contribution in [0.15, 0.2) is 24.3 Å². The summed E-state index contributed by atoms with van der Waals surface area (Å²) < 4.78 is 50.6. The number of carbonyl (C=O) groups is 2. The number of amides is 2. The number of benzene rings is 1. The molecule has 10 heteroatoms. The van der Waals surface area contributed by atoms with Gasteiger partial charge in [-0.2, -0.15) is 13.2 Å². The number of halogens is 3. The van der Waals surface area contributed by atoms with Gasteiger partial charge in [0.15, 0.2) is 18.1 Å². The van der Waals surface area contributed by atoms with E-state index in [0.717, 1.165) is 0 Å². The highest BCUT2D eigenvalue weighted by Gasteiger charge is 2.29. The van der Waals surface area contributed by atoms with Crippen molar-refractivity contribution in [1.29, 1.82) is 0 Å². The predicted molar refractivity (Wildman–Crippen MR) is 79.4 cm³/mol. The first kappa shape index (κ1) is 18.7. The van der Waals surface area contributed by atoms with Gasteiger partial charge in [0.1, 0.15) is 12.7 Å². The van der Waals surface area contributed by atoms with Crippen LogP contribution >= 0.6 is 0 Å². The summed E-state index contributed by atoms with van der Waals surface area (Å²) in [6, 6.07) is 7.14. The van der Waals surface area contributed by atoms with Crippen molar-refractivity contribution in [2.75, 3.05) is 26.3 Å². The van der Waals surface area contributed by atoms with Crippen LogP contribution in [0.2, 0.25) is 0 Å². The fourth-order valence-electron chi connectivity index (χ4n) is 1.96. The molecule has 1 aliphatic rings. The van der Waals surface area contributed by atoms with Crippen LogP contribution in [0.5, 0.6) is 11.5 Å². The van der Waals surface area contributed by atoms with Gasteiger partial charge in [-0.25, -0.2) is 4.79 Å². The van der Waals surface area contributed by atoms with Gasteiger partial charge in [-0.05, 0) is 12.1 Å². The molecule has 0 saturated heterocycles. The van der Waals surface area contributed by atoms with E-state index in [4.69, 9.17) is 9.47 Å². The predicted octanol–water partition coefficient (Wildman–Crippen LogP) is 1.62. The molecule has 0 fully saturated rings. The second kappa shape index (κ2) is 8.45. The number of nitrogens with one attached hydrogen (secondary N) is 2. The van der Waals surface area contributed by atoms with Crippen LogP contribution in [-0.4, -0.2) is 50.6 Å². The average Bonchev–Trinajstić information content (AvgIpc) is 2.57. The number of ether oxygens (including phenoxy) is 3. The van der Waals surface area contributed by atoms with Crippen molar-refractivity contribution >= 4 is 12.0 Å². The van der Waals surface area contributed by atoms with E-state index >= 15 is 0 Å². The molecule has 138 valence electrons. The topological polar surface area (TPSA) is 85.9 Å². The number of alkyl halides is 3. The second-order valence-corrected chi connectivity index (χ2v) is 5.17. The number of hydrogen-bond donors (Lipinski definition) is 2. The standard InChI is InChI=1S/C15H17F3N2O5/c16-15(17,18)9-24-14(22)19-6-5-13(21)20-7-10-8-23-11-3-1-2-4-12(11)25-10/h1-4,10H,5-9H2,(H,19,22)(H,20,21)/t10-/m1/s1. The van der Waals surface area contributed by atoms with Crippen LogP contribution in [0.25, 0.3) is 0 Å². The Balaban J connectivity index is 1.59. The lowest BCUT2D eigenvalue weighted by Crippen LogP contribution is -2.41. The van der Waals surface area contributed by atoms with Crippen LogP contribution in [0, 0.1) is 0 Å². The van der Waals surface area contributed by atoms with Crippen molar-refractivity contribution in [3.05, 3.63) is 24.3 Å². The van der Waals surface area contributed by atoms with Crippen LogP contribution in [0.1, 0.15) is 6.42 Å². The number of rotatable bonds is 6. The summed E-state index contributed by atoms with van der Waals surface area (Å²) in [5, 5.41) is 4.66. The monoisotopic (exact) mass is 362 g/mol. The van der Waals surface area contributed by atoms with Gasteiger partial charge in [0.2, 0.25) is 5.91 Å². The van der Waals surface area contributed by atoms with Gasteiger partial charge < -0.3 is 24.8 Å². The van der Waals surface area contributed by atoms with Gasteiger partial charge in [-0.1, -0.05) is 12.1 Å². The van der Waals surface area contributed by atoms with Crippen LogP contribution < -0.4 is 20.1 Å². The highest BCUT2D eigenvalue weighted by molar-refractivity contribution is 5.77. The molecule has 1 aromatic rings. The van der Waals surface area contributed by atoms with E-state index in [9.17, 15) is 22.8 Å². The van der Waals surface area contributed by atoms with Gasteiger partial charge in [0.05, 0.1) is 6.54 Å².